The summed E-state index contributed by atoms with van der Waals surface area (Å²) in [5, 5.41) is 0. The third kappa shape index (κ3) is 5.73. The molecule has 0 spiro atoms. The number of carbonyl (C=O) groups excluding carboxylic acids is 3. The largest absolute Gasteiger partial charge is 0.494 e. The number of hydrogen-bond donors (Lipinski definition) is 0. The van der Waals surface area contributed by atoms with Crippen molar-refractivity contribution in [1.29, 1.82) is 0 Å². The van der Waals surface area contributed by atoms with Crippen molar-refractivity contribution in [3.63, 3.8) is 0 Å². The van der Waals surface area contributed by atoms with Crippen molar-refractivity contribution in [2.24, 2.45) is 0 Å². The van der Waals surface area contributed by atoms with Gasteiger partial charge in [-0.25, -0.2) is 4.79 Å². The first kappa shape index (κ1) is 23.7. The highest BCUT2D eigenvalue weighted by Crippen LogP contribution is 2.24. The van der Waals surface area contributed by atoms with Crippen molar-refractivity contribution in [3.8, 4) is 5.75 Å². The van der Waals surface area contributed by atoms with Gasteiger partial charge < -0.3 is 19.3 Å². The van der Waals surface area contributed by atoms with Crippen molar-refractivity contribution in [2.45, 2.75) is 44.6 Å². The van der Waals surface area contributed by atoms with Crippen LogP contribution in [-0.4, -0.2) is 72.0 Å². The van der Waals surface area contributed by atoms with Crippen LogP contribution in [0.4, 0.5) is 0 Å². The predicted octanol–water partition coefficient (Wildman–Crippen LogP) is 3.11. The SMILES string of the molecule is COC(=O)c1cncc(C(=O)N2CCCOc3cccc(c3)CCC3CCCCN3C(=O)C2)c1. The Kier molecular flexibility index (Phi) is 7.77. The van der Waals surface area contributed by atoms with Gasteiger partial charge in [0.1, 0.15) is 12.3 Å². The number of carbonyl (C=O) groups is 3. The molecule has 8 heteroatoms. The maximum absolute atomic E-state index is 13.4. The minimum Gasteiger partial charge on any atom is -0.494 e. The molecule has 2 aliphatic heterocycles. The molecule has 1 aromatic carbocycles. The van der Waals surface area contributed by atoms with Crippen LogP contribution >= 0.6 is 0 Å². The lowest BCUT2D eigenvalue weighted by molar-refractivity contribution is -0.135. The standard InChI is InChI=1S/C26H31N3O5/c1-33-26(32)21-15-20(16-27-17-21)25(31)28-11-5-13-34-23-8-4-6-19(14-23)9-10-22-7-2-3-12-29(22)24(30)18-28/h4,6,8,14-17,22H,2-3,5,7,9-13,18H2,1H3. The molecule has 0 radical (unpaired) electrons. The fourth-order valence-corrected chi connectivity index (χ4v) is 4.67. The summed E-state index contributed by atoms with van der Waals surface area (Å²) < 4.78 is 10.7. The Hall–Kier alpha value is -3.42. The summed E-state index contributed by atoms with van der Waals surface area (Å²) >= 11 is 0. The van der Waals surface area contributed by atoms with Gasteiger partial charge in [0.05, 0.1) is 24.8 Å². The summed E-state index contributed by atoms with van der Waals surface area (Å²) in [5.74, 6) is -0.124. The molecule has 0 saturated carbocycles. The van der Waals surface area contributed by atoms with E-state index in [0.717, 1.165) is 37.9 Å². The molecular formula is C26H31N3O5. The summed E-state index contributed by atoms with van der Waals surface area (Å²) in [4.78, 5) is 46.2. The first-order valence-corrected chi connectivity index (χ1v) is 11.9. The Labute approximate surface area is 199 Å². The van der Waals surface area contributed by atoms with Gasteiger partial charge in [0.25, 0.3) is 5.91 Å². The number of ether oxygens (including phenoxy) is 2. The molecule has 2 aromatic rings. The second-order valence-electron chi connectivity index (χ2n) is 8.81. The quantitative estimate of drug-likeness (QED) is 0.634. The van der Waals surface area contributed by atoms with E-state index >= 15 is 0 Å². The predicted molar refractivity (Wildman–Crippen MR) is 126 cm³/mol. The molecule has 34 heavy (non-hydrogen) atoms. The van der Waals surface area contributed by atoms with Crippen LogP contribution in [-0.2, 0) is 16.0 Å². The van der Waals surface area contributed by atoms with Crippen molar-refractivity contribution in [1.82, 2.24) is 14.8 Å². The van der Waals surface area contributed by atoms with Crippen LogP contribution in [0.15, 0.2) is 42.7 Å². The highest BCUT2D eigenvalue weighted by molar-refractivity contribution is 5.98. The Morgan fingerprint density at radius 1 is 1.06 bits per heavy atom. The number of rotatable bonds is 2. The Morgan fingerprint density at radius 3 is 2.76 bits per heavy atom. The number of pyridine rings is 1. The normalized spacial score (nSPS) is 19.4. The molecule has 1 fully saturated rings. The van der Waals surface area contributed by atoms with Crippen molar-refractivity contribution in [2.75, 3.05) is 33.4 Å². The molecule has 2 bridgehead atoms. The Bertz CT molecular complexity index is 1040. The minimum absolute atomic E-state index is 0.0108. The molecule has 180 valence electrons. The number of aryl methyl sites for hydroxylation is 1. The van der Waals surface area contributed by atoms with Crippen LogP contribution in [0.25, 0.3) is 0 Å². The van der Waals surface area contributed by atoms with Gasteiger partial charge in [-0.3, -0.25) is 14.6 Å². The average molecular weight is 466 g/mol. The van der Waals surface area contributed by atoms with E-state index in [2.05, 4.69) is 17.1 Å². The van der Waals surface area contributed by atoms with Gasteiger partial charge >= 0.3 is 5.97 Å². The van der Waals surface area contributed by atoms with Gasteiger partial charge in [-0.15, -0.1) is 0 Å². The van der Waals surface area contributed by atoms with Crippen molar-refractivity contribution in [3.05, 3.63) is 59.4 Å². The topological polar surface area (TPSA) is 89.0 Å². The van der Waals surface area contributed by atoms with Gasteiger partial charge in [0.15, 0.2) is 0 Å². The zero-order chi connectivity index (χ0) is 23.9. The second kappa shape index (κ2) is 11.1. The van der Waals surface area contributed by atoms with E-state index < -0.39 is 5.97 Å². The summed E-state index contributed by atoms with van der Waals surface area (Å²) in [5.41, 5.74) is 1.66. The monoisotopic (exact) mass is 465 g/mol. The van der Waals surface area contributed by atoms with Gasteiger partial charge in [0, 0.05) is 31.5 Å². The van der Waals surface area contributed by atoms with Gasteiger partial charge in [-0.05, 0) is 62.3 Å². The third-order valence-corrected chi connectivity index (χ3v) is 6.47. The van der Waals surface area contributed by atoms with E-state index in [-0.39, 0.29) is 35.5 Å². The highest BCUT2D eigenvalue weighted by Gasteiger charge is 2.29. The molecule has 2 aliphatic rings. The van der Waals surface area contributed by atoms with Crippen LogP contribution in [0.1, 0.15) is 58.4 Å². The lowest BCUT2D eigenvalue weighted by Crippen LogP contribution is -2.49. The number of hydrogen-bond acceptors (Lipinski definition) is 6. The number of amides is 2. The zero-order valence-electron chi connectivity index (χ0n) is 19.6. The first-order valence-electron chi connectivity index (χ1n) is 11.9. The number of benzene rings is 1. The molecule has 4 rings (SSSR count). The molecule has 2 amide bonds. The Balaban J connectivity index is 1.58. The summed E-state index contributed by atoms with van der Waals surface area (Å²) in [7, 11) is 1.28. The molecule has 3 heterocycles. The van der Waals surface area contributed by atoms with E-state index in [9.17, 15) is 14.4 Å². The van der Waals surface area contributed by atoms with Gasteiger partial charge in [-0.2, -0.15) is 0 Å². The number of aromatic nitrogens is 1. The maximum Gasteiger partial charge on any atom is 0.339 e. The average Bonchev–Trinajstić information content (AvgIpc) is 2.88. The van der Waals surface area contributed by atoms with Crippen LogP contribution in [0, 0.1) is 0 Å². The van der Waals surface area contributed by atoms with E-state index in [4.69, 9.17) is 9.47 Å². The number of methoxy groups -OCH3 is 1. The van der Waals surface area contributed by atoms with Gasteiger partial charge in [-0.1, -0.05) is 12.1 Å². The number of piperidine rings is 1. The van der Waals surface area contributed by atoms with E-state index in [1.165, 1.54) is 36.0 Å². The molecule has 1 unspecified atom stereocenters. The third-order valence-electron chi connectivity index (χ3n) is 6.47. The van der Waals surface area contributed by atoms with E-state index in [1.807, 2.05) is 17.0 Å². The molecule has 1 aromatic heterocycles. The van der Waals surface area contributed by atoms with Crippen LogP contribution in [0.5, 0.6) is 5.75 Å². The van der Waals surface area contributed by atoms with Crippen molar-refractivity contribution >= 4 is 17.8 Å². The maximum atomic E-state index is 13.4. The number of fused-ring (bicyclic) bond motifs is 3. The van der Waals surface area contributed by atoms with E-state index in [1.54, 1.807) is 0 Å². The van der Waals surface area contributed by atoms with Crippen LogP contribution in [0.2, 0.25) is 0 Å². The van der Waals surface area contributed by atoms with Gasteiger partial charge in [0.2, 0.25) is 5.91 Å². The fourth-order valence-electron chi connectivity index (χ4n) is 4.67. The smallest absolute Gasteiger partial charge is 0.339 e. The van der Waals surface area contributed by atoms with E-state index in [0.29, 0.717) is 26.1 Å². The summed E-state index contributed by atoms with van der Waals surface area (Å²) in [6, 6.07) is 9.73. The van der Waals surface area contributed by atoms with Crippen LogP contribution < -0.4 is 4.74 Å². The molecule has 0 N–H and O–H groups in total. The lowest BCUT2D eigenvalue weighted by Gasteiger charge is -2.37. The number of esters is 1. The molecule has 0 aliphatic carbocycles. The summed E-state index contributed by atoms with van der Waals surface area (Å²) in [6.45, 7) is 1.48. The second-order valence-corrected chi connectivity index (χ2v) is 8.81. The number of nitrogens with zero attached hydrogens (tertiary/aromatic N) is 3. The van der Waals surface area contributed by atoms with Crippen LogP contribution in [0.3, 0.4) is 0 Å². The minimum atomic E-state index is -0.564. The fraction of sp³-hybridized carbons (Fsp3) is 0.462. The zero-order valence-corrected chi connectivity index (χ0v) is 19.6. The van der Waals surface area contributed by atoms with Crippen molar-refractivity contribution < 1.29 is 23.9 Å². The lowest BCUT2D eigenvalue weighted by atomic mass is 9.95. The summed E-state index contributed by atoms with van der Waals surface area (Å²) in [6.07, 6.45) is 8.15. The molecule has 1 saturated heterocycles. The molecule has 1 atom stereocenters. The highest BCUT2D eigenvalue weighted by atomic mass is 16.5. The Morgan fingerprint density at radius 2 is 1.91 bits per heavy atom. The molecule has 8 nitrogen and oxygen atoms in total. The molecular weight excluding hydrogens is 434 g/mol. The first-order chi connectivity index (χ1) is 16.5.